The Morgan fingerprint density at radius 2 is 1.53 bits per heavy atom. The second kappa shape index (κ2) is 9.06. The van der Waals surface area contributed by atoms with Crippen molar-refractivity contribution >= 4 is 11.6 Å². The van der Waals surface area contributed by atoms with Gasteiger partial charge in [-0.15, -0.1) is 10.2 Å². The molecule has 0 radical (unpaired) electrons. The standard InChI is InChI=1S/C26H25N3O3/c1-26(2,3)20-12-14-22(15-13-20)31-17-23(30)27-21-11-7-10-19(16-21)25-29-28-24(32-25)18-8-5-4-6-9-18/h4-16H,17H2,1-3H3,(H,27,30). The summed E-state index contributed by atoms with van der Waals surface area (Å²) in [6, 6.07) is 24.6. The molecular weight excluding hydrogens is 402 g/mol. The van der Waals surface area contributed by atoms with Crippen LogP contribution >= 0.6 is 0 Å². The van der Waals surface area contributed by atoms with Crippen LogP contribution in [0.3, 0.4) is 0 Å². The second-order valence-electron chi connectivity index (χ2n) is 8.47. The largest absolute Gasteiger partial charge is 0.484 e. The fourth-order valence-corrected chi connectivity index (χ4v) is 3.16. The summed E-state index contributed by atoms with van der Waals surface area (Å²) in [5, 5.41) is 11.1. The first-order valence-corrected chi connectivity index (χ1v) is 10.4. The smallest absolute Gasteiger partial charge is 0.262 e. The molecule has 0 bridgehead atoms. The lowest BCUT2D eigenvalue weighted by Crippen LogP contribution is -2.20. The first kappa shape index (κ1) is 21.3. The molecule has 0 aliphatic heterocycles. The summed E-state index contributed by atoms with van der Waals surface area (Å²) in [4.78, 5) is 12.4. The molecule has 1 heterocycles. The lowest BCUT2D eigenvalue weighted by molar-refractivity contribution is -0.118. The van der Waals surface area contributed by atoms with E-state index in [9.17, 15) is 4.79 Å². The molecule has 6 heteroatoms. The molecule has 4 aromatic rings. The highest BCUT2D eigenvalue weighted by molar-refractivity contribution is 5.92. The maximum Gasteiger partial charge on any atom is 0.262 e. The van der Waals surface area contributed by atoms with Gasteiger partial charge in [0.1, 0.15) is 5.75 Å². The molecule has 0 atom stereocenters. The molecule has 0 spiro atoms. The molecule has 3 aromatic carbocycles. The molecule has 0 fully saturated rings. The van der Waals surface area contributed by atoms with Crippen molar-refractivity contribution in [3.8, 4) is 28.7 Å². The minimum atomic E-state index is -0.252. The molecule has 32 heavy (non-hydrogen) atoms. The van der Waals surface area contributed by atoms with Crippen LogP contribution in [0.1, 0.15) is 26.3 Å². The Balaban J connectivity index is 1.38. The highest BCUT2D eigenvalue weighted by Crippen LogP contribution is 2.26. The van der Waals surface area contributed by atoms with Crippen molar-refractivity contribution in [3.63, 3.8) is 0 Å². The lowest BCUT2D eigenvalue weighted by Gasteiger charge is -2.19. The Bertz CT molecular complexity index is 1190. The molecule has 0 saturated carbocycles. The van der Waals surface area contributed by atoms with Crippen LogP contribution in [-0.4, -0.2) is 22.7 Å². The highest BCUT2D eigenvalue weighted by atomic mass is 16.5. The van der Waals surface area contributed by atoms with Gasteiger partial charge in [0, 0.05) is 16.8 Å². The number of carbonyl (C=O) groups excluding carboxylic acids is 1. The van der Waals surface area contributed by atoms with E-state index >= 15 is 0 Å². The topological polar surface area (TPSA) is 77.2 Å². The third-order valence-electron chi connectivity index (χ3n) is 4.93. The Morgan fingerprint density at radius 3 is 2.22 bits per heavy atom. The zero-order chi connectivity index (χ0) is 22.6. The van der Waals surface area contributed by atoms with E-state index < -0.39 is 0 Å². The summed E-state index contributed by atoms with van der Waals surface area (Å²) in [5.74, 6) is 1.23. The molecule has 1 amide bonds. The molecule has 1 N–H and O–H groups in total. The van der Waals surface area contributed by atoms with Gasteiger partial charge in [0.2, 0.25) is 11.8 Å². The quantitative estimate of drug-likeness (QED) is 0.426. The Kier molecular flexibility index (Phi) is 6.03. The van der Waals surface area contributed by atoms with Gasteiger partial charge in [0.15, 0.2) is 6.61 Å². The van der Waals surface area contributed by atoms with E-state index in [-0.39, 0.29) is 17.9 Å². The molecule has 1 aromatic heterocycles. The molecule has 162 valence electrons. The average Bonchev–Trinajstić information content (AvgIpc) is 3.29. The van der Waals surface area contributed by atoms with Gasteiger partial charge >= 0.3 is 0 Å². The first-order chi connectivity index (χ1) is 15.4. The van der Waals surface area contributed by atoms with Crippen molar-refractivity contribution in [1.29, 1.82) is 0 Å². The van der Waals surface area contributed by atoms with E-state index in [2.05, 4.69) is 36.3 Å². The highest BCUT2D eigenvalue weighted by Gasteiger charge is 2.14. The Morgan fingerprint density at radius 1 is 0.875 bits per heavy atom. The van der Waals surface area contributed by atoms with Gasteiger partial charge in [-0.3, -0.25) is 4.79 Å². The van der Waals surface area contributed by atoms with Crippen molar-refractivity contribution in [2.45, 2.75) is 26.2 Å². The number of aromatic nitrogens is 2. The number of rotatable bonds is 6. The first-order valence-electron chi connectivity index (χ1n) is 10.4. The molecule has 0 aliphatic carbocycles. The van der Waals surface area contributed by atoms with Crippen LogP contribution in [-0.2, 0) is 10.2 Å². The van der Waals surface area contributed by atoms with Crippen LogP contribution in [0.5, 0.6) is 5.75 Å². The van der Waals surface area contributed by atoms with E-state index in [0.29, 0.717) is 23.2 Å². The summed E-state index contributed by atoms with van der Waals surface area (Å²) in [6.07, 6.45) is 0. The molecule has 0 unspecified atom stereocenters. The van der Waals surface area contributed by atoms with Crippen molar-refractivity contribution in [2.75, 3.05) is 11.9 Å². The Labute approximate surface area is 187 Å². The van der Waals surface area contributed by atoms with Crippen LogP contribution in [0.2, 0.25) is 0 Å². The number of ether oxygens (including phenoxy) is 1. The summed E-state index contributed by atoms with van der Waals surface area (Å²) in [7, 11) is 0. The number of amides is 1. The number of hydrogen-bond donors (Lipinski definition) is 1. The van der Waals surface area contributed by atoms with Crippen LogP contribution in [0.4, 0.5) is 5.69 Å². The van der Waals surface area contributed by atoms with Gasteiger partial charge < -0.3 is 14.5 Å². The summed E-state index contributed by atoms with van der Waals surface area (Å²) in [5.41, 5.74) is 3.47. The monoisotopic (exact) mass is 427 g/mol. The predicted octanol–water partition coefficient (Wildman–Crippen LogP) is 5.72. The van der Waals surface area contributed by atoms with Gasteiger partial charge in [0.25, 0.3) is 5.91 Å². The van der Waals surface area contributed by atoms with Gasteiger partial charge in [-0.05, 0) is 53.4 Å². The lowest BCUT2D eigenvalue weighted by atomic mass is 9.87. The minimum Gasteiger partial charge on any atom is -0.484 e. The maximum absolute atomic E-state index is 12.4. The predicted molar refractivity (Wildman–Crippen MR) is 124 cm³/mol. The normalized spacial score (nSPS) is 11.2. The van der Waals surface area contributed by atoms with Crippen LogP contribution in [0.25, 0.3) is 22.9 Å². The summed E-state index contributed by atoms with van der Waals surface area (Å²) < 4.78 is 11.4. The van der Waals surface area contributed by atoms with Crippen molar-refractivity contribution in [3.05, 3.63) is 84.4 Å². The third-order valence-corrected chi connectivity index (χ3v) is 4.93. The van der Waals surface area contributed by atoms with Crippen molar-refractivity contribution in [2.24, 2.45) is 0 Å². The van der Waals surface area contributed by atoms with E-state index in [1.165, 1.54) is 5.56 Å². The van der Waals surface area contributed by atoms with Gasteiger partial charge in [-0.1, -0.05) is 57.2 Å². The van der Waals surface area contributed by atoms with E-state index in [1.807, 2.05) is 66.7 Å². The minimum absolute atomic E-state index is 0.0706. The number of anilines is 1. The molecule has 0 aliphatic rings. The van der Waals surface area contributed by atoms with E-state index in [4.69, 9.17) is 9.15 Å². The number of carbonyl (C=O) groups is 1. The van der Waals surface area contributed by atoms with Crippen molar-refractivity contribution in [1.82, 2.24) is 10.2 Å². The third kappa shape index (κ3) is 5.21. The second-order valence-corrected chi connectivity index (χ2v) is 8.47. The zero-order valence-corrected chi connectivity index (χ0v) is 18.3. The fourth-order valence-electron chi connectivity index (χ4n) is 3.16. The summed E-state index contributed by atoms with van der Waals surface area (Å²) >= 11 is 0. The van der Waals surface area contributed by atoms with Crippen LogP contribution < -0.4 is 10.1 Å². The van der Waals surface area contributed by atoms with Crippen LogP contribution in [0.15, 0.2) is 83.3 Å². The molecule has 4 rings (SSSR count). The number of nitrogens with zero attached hydrogens (tertiary/aromatic N) is 2. The molecular formula is C26H25N3O3. The van der Waals surface area contributed by atoms with Gasteiger partial charge in [-0.2, -0.15) is 0 Å². The number of benzene rings is 3. The average molecular weight is 428 g/mol. The van der Waals surface area contributed by atoms with Crippen molar-refractivity contribution < 1.29 is 13.9 Å². The molecule has 0 saturated heterocycles. The maximum atomic E-state index is 12.4. The summed E-state index contributed by atoms with van der Waals surface area (Å²) in [6.45, 7) is 6.38. The SMILES string of the molecule is CC(C)(C)c1ccc(OCC(=O)Nc2cccc(-c3nnc(-c4ccccc4)o3)c2)cc1. The van der Waals surface area contributed by atoms with E-state index in [1.54, 1.807) is 12.1 Å². The van der Waals surface area contributed by atoms with E-state index in [0.717, 1.165) is 11.1 Å². The Hall–Kier alpha value is -3.93. The molecule has 6 nitrogen and oxygen atoms in total. The number of nitrogens with one attached hydrogen (secondary N) is 1. The van der Waals surface area contributed by atoms with Crippen LogP contribution in [0, 0.1) is 0 Å². The zero-order valence-electron chi connectivity index (χ0n) is 18.3. The van der Waals surface area contributed by atoms with Gasteiger partial charge in [0.05, 0.1) is 0 Å². The fraction of sp³-hybridized carbons (Fsp3) is 0.192. The van der Waals surface area contributed by atoms with Gasteiger partial charge in [-0.25, -0.2) is 0 Å². The number of hydrogen-bond acceptors (Lipinski definition) is 5.